The molecule has 1 heterocycles. The zero-order chi connectivity index (χ0) is 13.8. The van der Waals surface area contributed by atoms with E-state index in [2.05, 4.69) is 27.6 Å². The third-order valence-electron chi connectivity index (χ3n) is 3.46. The Balaban J connectivity index is 2.03. The van der Waals surface area contributed by atoms with Crippen LogP contribution in [-0.4, -0.2) is 17.0 Å². The molecule has 1 aromatic rings. The number of hydrazine groups is 1. The lowest BCUT2D eigenvalue weighted by atomic mass is 10.2. The van der Waals surface area contributed by atoms with Crippen LogP contribution < -0.4 is 16.6 Å². The topological polar surface area (TPSA) is 75.3 Å². The van der Waals surface area contributed by atoms with Crippen molar-refractivity contribution in [2.75, 3.05) is 0 Å². The zero-order valence-corrected chi connectivity index (χ0v) is 12.7. The SMILES string of the molecule is Cc1nc(C)c(C(C)NC(=NC2CCCC2)NN)s1. The van der Waals surface area contributed by atoms with Crippen LogP contribution in [0.25, 0.3) is 0 Å². The number of nitrogens with zero attached hydrogens (tertiary/aromatic N) is 2. The number of guanidine groups is 1. The van der Waals surface area contributed by atoms with E-state index in [0.29, 0.717) is 12.0 Å². The Hall–Kier alpha value is -1.14. The monoisotopic (exact) mass is 281 g/mol. The lowest BCUT2D eigenvalue weighted by molar-refractivity contribution is 0.656. The Morgan fingerprint density at radius 2 is 2.11 bits per heavy atom. The molecule has 0 amide bonds. The maximum absolute atomic E-state index is 5.57. The first-order valence-corrected chi connectivity index (χ1v) is 7.66. The minimum absolute atomic E-state index is 0.169. The number of hydrogen-bond donors (Lipinski definition) is 3. The second-order valence-electron chi connectivity index (χ2n) is 5.11. The summed E-state index contributed by atoms with van der Waals surface area (Å²) in [7, 11) is 0. The summed E-state index contributed by atoms with van der Waals surface area (Å²) in [4.78, 5) is 10.3. The van der Waals surface area contributed by atoms with Crippen molar-refractivity contribution >= 4 is 17.3 Å². The van der Waals surface area contributed by atoms with Crippen molar-refractivity contribution in [3.8, 4) is 0 Å². The van der Waals surface area contributed by atoms with Crippen LogP contribution in [0.2, 0.25) is 0 Å². The van der Waals surface area contributed by atoms with Gasteiger partial charge in [0.25, 0.3) is 0 Å². The number of hydrogen-bond acceptors (Lipinski definition) is 4. The molecule has 0 bridgehead atoms. The molecule has 5 nitrogen and oxygen atoms in total. The summed E-state index contributed by atoms with van der Waals surface area (Å²) in [5, 5.41) is 4.44. The molecular formula is C13H23N5S. The quantitative estimate of drug-likeness (QED) is 0.343. The fourth-order valence-corrected chi connectivity index (χ4v) is 3.48. The Bertz CT molecular complexity index is 448. The van der Waals surface area contributed by atoms with E-state index in [9.17, 15) is 0 Å². The number of rotatable bonds is 3. The predicted molar refractivity (Wildman–Crippen MR) is 80.2 cm³/mol. The van der Waals surface area contributed by atoms with Gasteiger partial charge in [-0.25, -0.2) is 15.8 Å². The van der Waals surface area contributed by atoms with Gasteiger partial charge in [-0.1, -0.05) is 12.8 Å². The average molecular weight is 281 g/mol. The van der Waals surface area contributed by atoms with Crippen LogP contribution >= 0.6 is 11.3 Å². The van der Waals surface area contributed by atoms with E-state index in [4.69, 9.17) is 5.84 Å². The maximum atomic E-state index is 5.57. The van der Waals surface area contributed by atoms with Crippen LogP contribution in [0.15, 0.2) is 4.99 Å². The highest BCUT2D eigenvalue weighted by molar-refractivity contribution is 7.11. The number of nitrogens with one attached hydrogen (secondary N) is 2. The summed E-state index contributed by atoms with van der Waals surface area (Å²) in [5.74, 6) is 6.25. The molecule has 0 saturated heterocycles. The summed E-state index contributed by atoms with van der Waals surface area (Å²) in [5.41, 5.74) is 3.76. The summed E-state index contributed by atoms with van der Waals surface area (Å²) in [6.07, 6.45) is 4.88. The number of thiazole rings is 1. The van der Waals surface area contributed by atoms with Crippen molar-refractivity contribution in [2.45, 2.75) is 58.5 Å². The molecule has 1 aliphatic rings. The van der Waals surface area contributed by atoms with Crippen molar-refractivity contribution in [3.63, 3.8) is 0 Å². The van der Waals surface area contributed by atoms with Crippen molar-refractivity contribution in [1.82, 2.24) is 15.7 Å². The molecule has 1 aliphatic carbocycles. The van der Waals surface area contributed by atoms with E-state index in [0.717, 1.165) is 10.7 Å². The van der Waals surface area contributed by atoms with E-state index in [1.54, 1.807) is 11.3 Å². The lowest BCUT2D eigenvalue weighted by Crippen LogP contribution is -2.43. The van der Waals surface area contributed by atoms with Gasteiger partial charge in [0.2, 0.25) is 5.96 Å². The highest BCUT2D eigenvalue weighted by Gasteiger charge is 2.17. The van der Waals surface area contributed by atoms with Gasteiger partial charge >= 0.3 is 0 Å². The van der Waals surface area contributed by atoms with Gasteiger partial charge in [0, 0.05) is 4.88 Å². The second-order valence-corrected chi connectivity index (χ2v) is 6.34. The minimum atomic E-state index is 0.169. The van der Waals surface area contributed by atoms with Crippen LogP contribution in [-0.2, 0) is 0 Å². The van der Waals surface area contributed by atoms with Gasteiger partial charge in [0.1, 0.15) is 0 Å². The molecule has 4 N–H and O–H groups in total. The maximum Gasteiger partial charge on any atom is 0.206 e. The first-order valence-electron chi connectivity index (χ1n) is 6.85. The smallest absolute Gasteiger partial charge is 0.206 e. The number of aryl methyl sites for hydroxylation is 2. The highest BCUT2D eigenvalue weighted by Crippen LogP contribution is 2.25. The van der Waals surface area contributed by atoms with Crippen LogP contribution in [0, 0.1) is 13.8 Å². The fourth-order valence-electron chi connectivity index (χ4n) is 2.55. The molecule has 0 aromatic carbocycles. The van der Waals surface area contributed by atoms with Crippen LogP contribution in [0.1, 0.15) is 54.2 Å². The van der Waals surface area contributed by atoms with Gasteiger partial charge in [-0.05, 0) is 33.6 Å². The van der Waals surface area contributed by atoms with Gasteiger partial charge in [-0.3, -0.25) is 5.43 Å². The van der Waals surface area contributed by atoms with Gasteiger partial charge in [0.05, 0.1) is 22.8 Å². The van der Waals surface area contributed by atoms with E-state index in [1.807, 2.05) is 13.8 Å². The number of nitrogens with two attached hydrogens (primary N) is 1. The van der Waals surface area contributed by atoms with Crippen molar-refractivity contribution in [2.24, 2.45) is 10.8 Å². The fraction of sp³-hybridized carbons (Fsp3) is 0.692. The lowest BCUT2D eigenvalue weighted by Gasteiger charge is -2.17. The summed E-state index contributed by atoms with van der Waals surface area (Å²) in [6.45, 7) is 6.19. The van der Waals surface area contributed by atoms with E-state index < -0.39 is 0 Å². The molecule has 1 unspecified atom stereocenters. The molecule has 2 rings (SSSR count). The van der Waals surface area contributed by atoms with E-state index >= 15 is 0 Å². The molecule has 1 fully saturated rings. The molecule has 0 aliphatic heterocycles. The van der Waals surface area contributed by atoms with Crippen LogP contribution in [0.4, 0.5) is 0 Å². The Morgan fingerprint density at radius 1 is 1.42 bits per heavy atom. The largest absolute Gasteiger partial charge is 0.348 e. The molecule has 106 valence electrons. The molecule has 1 saturated carbocycles. The van der Waals surface area contributed by atoms with Gasteiger partial charge in [-0.2, -0.15) is 0 Å². The average Bonchev–Trinajstić information content (AvgIpc) is 2.98. The molecule has 1 atom stereocenters. The third kappa shape index (κ3) is 3.67. The number of aliphatic imine (C=N–C) groups is 1. The summed E-state index contributed by atoms with van der Waals surface area (Å²) in [6, 6.07) is 0.581. The molecule has 19 heavy (non-hydrogen) atoms. The number of aromatic nitrogens is 1. The van der Waals surface area contributed by atoms with Crippen LogP contribution in [0.3, 0.4) is 0 Å². The summed E-state index contributed by atoms with van der Waals surface area (Å²) < 4.78 is 0. The van der Waals surface area contributed by atoms with E-state index in [-0.39, 0.29) is 6.04 Å². The molecule has 6 heteroatoms. The van der Waals surface area contributed by atoms with Gasteiger partial charge in [0.15, 0.2) is 0 Å². The zero-order valence-electron chi connectivity index (χ0n) is 11.9. The first kappa shape index (κ1) is 14.3. The van der Waals surface area contributed by atoms with Crippen LogP contribution in [0.5, 0.6) is 0 Å². The second kappa shape index (κ2) is 6.34. The summed E-state index contributed by atoms with van der Waals surface area (Å²) >= 11 is 1.72. The highest BCUT2D eigenvalue weighted by atomic mass is 32.1. The molecular weight excluding hydrogens is 258 g/mol. The van der Waals surface area contributed by atoms with E-state index in [1.165, 1.54) is 30.6 Å². The molecule has 0 radical (unpaired) electrons. The van der Waals surface area contributed by atoms with Crippen molar-refractivity contribution < 1.29 is 0 Å². The minimum Gasteiger partial charge on any atom is -0.348 e. The molecule has 1 aromatic heterocycles. The third-order valence-corrected chi connectivity index (χ3v) is 4.71. The Morgan fingerprint density at radius 3 is 2.63 bits per heavy atom. The van der Waals surface area contributed by atoms with Gasteiger partial charge < -0.3 is 5.32 Å². The van der Waals surface area contributed by atoms with Crippen molar-refractivity contribution in [3.05, 3.63) is 15.6 Å². The Labute approximate surface area is 118 Å². The standard InChI is InChI=1S/C13H23N5S/c1-8-12(19-10(3)15-8)9(2)16-13(18-14)17-11-6-4-5-7-11/h9,11H,4-7,14H2,1-3H3,(H2,16,17,18). The van der Waals surface area contributed by atoms with Gasteiger partial charge in [-0.15, -0.1) is 11.3 Å². The van der Waals surface area contributed by atoms with Crippen molar-refractivity contribution in [1.29, 1.82) is 0 Å². The molecule has 0 spiro atoms. The normalized spacial score (nSPS) is 18.6. The predicted octanol–water partition coefficient (Wildman–Crippen LogP) is 2.17. The first-order chi connectivity index (χ1) is 9.10. The Kier molecular flexibility index (Phi) is 4.76.